The van der Waals surface area contributed by atoms with Crippen molar-refractivity contribution in [1.29, 1.82) is 0 Å². The van der Waals surface area contributed by atoms with Crippen molar-refractivity contribution in [2.75, 3.05) is 19.6 Å². The number of likely N-dealkylation sites (tertiary alicyclic amines) is 1. The van der Waals surface area contributed by atoms with Crippen molar-refractivity contribution in [3.05, 3.63) is 48.2 Å². The standard InChI is InChI=1S/C21H27N5O2/c1-15(2)26-20-16(13-24-26)11-17(12-22-20)21(27)23-14-18(19-7-6-10-28-19)25-8-4-3-5-9-25/h6-7,10-13,15,18H,3-5,8-9,14H2,1-2H3,(H,23,27)/t18-/m1/s1. The van der Waals surface area contributed by atoms with Crippen molar-refractivity contribution < 1.29 is 9.21 Å². The maximum absolute atomic E-state index is 12.8. The third-order valence-corrected chi connectivity index (χ3v) is 5.34. The maximum atomic E-state index is 12.8. The lowest BCUT2D eigenvalue weighted by Gasteiger charge is -2.33. The molecular formula is C21H27N5O2. The molecule has 7 heteroatoms. The van der Waals surface area contributed by atoms with Gasteiger partial charge in [-0.25, -0.2) is 9.67 Å². The maximum Gasteiger partial charge on any atom is 0.252 e. The Labute approximate surface area is 164 Å². The number of hydrogen-bond acceptors (Lipinski definition) is 5. The molecule has 28 heavy (non-hydrogen) atoms. The van der Waals surface area contributed by atoms with Gasteiger partial charge in [0.05, 0.1) is 24.1 Å². The molecule has 0 aliphatic carbocycles. The van der Waals surface area contributed by atoms with E-state index in [1.165, 1.54) is 19.3 Å². The Morgan fingerprint density at radius 3 is 2.79 bits per heavy atom. The van der Waals surface area contributed by atoms with Crippen molar-refractivity contribution >= 4 is 16.9 Å². The number of rotatable bonds is 6. The molecule has 0 radical (unpaired) electrons. The highest BCUT2D eigenvalue weighted by Crippen LogP contribution is 2.24. The molecule has 0 aromatic carbocycles. The van der Waals surface area contributed by atoms with E-state index < -0.39 is 0 Å². The highest BCUT2D eigenvalue weighted by atomic mass is 16.3. The molecule has 3 aromatic heterocycles. The van der Waals surface area contributed by atoms with Crippen molar-refractivity contribution in [2.45, 2.75) is 45.2 Å². The van der Waals surface area contributed by atoms with Gasteiger partial charge in [-0.1, -0.05) is 6.42 Å². The van der Waals surface area contributed by atoms with Crippen LogP contribution in [-0.4, -0.2) is 45.2 Å². The van der Waals surface area contributed by atoms with Crippen molar-refractivity contribution in [3.8, 4) is 0 Å². The molecule has 148 valence electrons. The lowest BCUT2D eigenvalue weighted by atomic mass is 10.1. The molecule has 0 bridgehead atoms. The first kappa shape index (κ1) is 18.7. The van der Waals surface area contributed by atoms with Crippen LogP contribution in [0.3, 0.4) is 0 Å². The van der Waals surface area contributed by atoms with E-state index in [0.717, 1.165) is 29.9 Å². The SMILES string of the molecule is CC(C)n1ncc2cc(C(=O)NC[C@H](c3ccco3)N3CCCCC3)cnc21. The molecule has 0 saturated carbocycles. The second-order valence-corrected chi connectivity index (χ2v) is 7.66. The van der Waals surface area contributed by atoms with Crippen LogP contribution in [0.1, 0.15) is 61.3 Å². The zero-order valence-corrected chi connectivity index (χ0v) is 16.5. The molecule has 1 N–H and O–H groups in total. The number of pyridine rings is 1. The van der Waals surface area contributed by atoms with Crippen LogP contribution in [0.2, 0.25) is 0 Å². The van der Waals surface area contributed by atoms with E-state index in [1.807, 2.05) is 22.9 Å². The molecule has 3 aromatic rings. The van der Waals surface area contributed by atoms with Crippen LogP contribution >= 0.6 is 0 Å². The molecule has 4 rings (SSSR count). The highest BCUT2D eigenvalue weighted by molar-refractivity contribution is 5.96. The number of carbonyl (C=O) groups excluding carboxylic acids is 1. The minimum atomic E-state index is -0.125. The van der Waals surface area contributed by atoms with Gasteiger partial charge >= 0.3 is 0 Å². The highest BCUT2D eigenvalue weighted by Gasteiger charge is 2.25. The first-order valence-corrected chi connectivity index (χ1v) is 10.0. The van der Waals surface area contributed by atoms with E-state index in [-0.39, 0.29) is 18.0 Å². The Morgan fingerprint density at radius 2 is 2.07 bits per heavy atom. The zero-order valence-electron chi connectivity index (χ0n) is 16.5. The summed E-state index contributed by atoms with van der Waals surface area (Å²) in [5.74, 6) is 0.772. The Morgan fingerprint density at radius 1 is 1.25 bits per heavy atom. The van der Waals surface area contributed by atoms with E-state index in [1.54, 1.807) is 18.7 Å². The van der Waals surface area contributed by atoms with Crippen molar-refractivity contribution in [3.63, 3.8) is 0 Å². The van der Waals surface area contributed by atoms with E-state index >= 15 is 0 Å². The average molecular weight is 381 g/mol. The number of carbonyl (C=O) groups is 1. The average Bonchev–Trinajstić information content (AvgIpc) is 3.38. The van der Waals surface area contributed by atoms with Crippen LogP contribution < -0.4 is 5.32 Å². The lowest BCUT2D eigenvalue weighted by molar-refractivity contribution is 0.0914. The van der Waals surface area contributed by atoms with Crippen LogP contribution in [0.5, 0.6) is 0 Å². The third kappa shape index (κ3) is 3.80. The molecule has 0 spiro atoms. The molecule has 1 amide bonds. The second kappa shape index (κ2) is 8.14. The number of aromatic nitrogens is 3. The molecule has 4 heterocycles. The summed E-state index contributed by atoms with van der Waals surface area (Å²) in [6, 6.07) is 6.02. The summed E-state index contributed by atoms with van der Waals surface area (Å²) in [7, 11) is 0. The van der Waals surface area contributed by atoms with Gasteiger partial charge in [-0.3, -0.25) is 9.69 Å². The number of fused-ring (bicyclic) bond motifs is 1. The Balaban J connectivity index is 1.48. The van der Waals surface area contributed by atoms with E-state index in [4.69, 9.17) is 4.42 Å². The van der Waals surface area contributed by atoms with Gasteiger partial charge in [0, 0.05) is 24.2 Å². The monoisotopic (exact) mass is 381 g/mol. The lowest BCUT2D eigenvalue weighted by Crippen LogP contribution is -2.40. The summed E-state index contributed by atoms with van der Waals surface area (Å²) in [6.45, 7) is 6.69. The molecular weight excluding hydrogens is 354 g/mol. The van der Waals surface area contributed by atoms with Gasteiger partial charge in [-0.15, -0.1) is 0 Å². The predicted octanol–water partition coefficient (Wildman–Crippen LogP) is 3.56. The van der Waals surface area contributed by atoms with Gasteiger partial charge in [-0.2, -0.15) is 5.10 Å². The molecule has 1 aliphatic rings. The fourth-order valence-corrected chi connectivity index (χ4v) is 3.85. The Bertz CT molecular complexity index is 926. The van der Waals surface area contributed by atoms with E-state index in [2.05, 4.69) is 34.1 Å². The predicted molar refractivity (Wildman–Crippen MR) is 107 cm³/mol. The van der Waals surface area contributed by atoms with E-state index in [0.29, 0.717) is 12.1 Å². The van der Waals surface area contributed by atoms with Crippen LogP contribution in [0, 0.1) is 0 Å². The second-order valence-electron chi connectivity index (χ2n) is 7.66. The largest absolute Gasteiger partial charge is 0.468 e. The molecule has 1 fully saturated rings. The van der Waals surface area contributed by atoms with Crippen LogP contribution in [-0.2, 0) is 0 Å². The summed E-state index contributed by atoms with van der Waals surface area (Å²) in [4.78, 5) is 19.6. The number of amides is 1. The molecule has 0 unspecified atom stereocenters. The van der Waals surface area contributed by atoms with Gasteiger partial charge in [0.25, 0.3) is 5.91 Å². The first-order chi connectivity index (χ1) is 13.6. The van der Waals surface area contributed by atoms with Gasteiger partial charge in [0.15, 0.2) is 5.65 Å². The number of nitrogens with zero attached hydrogens (tertiary/aromatic N) is 4. The molecule has 1 saturated heterocycles. The molecule has 7 nitrogen and oxygen atoms in total. The summed E-state index contributed by atoms with van der Waals surface area (Å²) in [5, 5.41) is 8.31. The first-order valence-electron chi connectivity index (χ1n) is 10.0. The summed E-state index contributed by atoms with van der Waals surface area (Å²) < 4.78 is 7.51. The topological polar surface area (TPSA) is 76.2 Å². The van der Waals surface area contributed by atoms with Crippen LogP contribution in [0.15, 0.2) is 41.3 Å². The number of hydrogen-bond donors (Lipinski definition) is 1. The normalized spacial score (nSPS) is 16.5. The van der Waals surface area contributed by atoms with Gasteiger partial charge < -0.3 is 9.73 Å². The van der Waals surface area contributed by atoms with E-state index in [9.17, 15) is 4.79 Å². The summed E-state index contributed by atoms with van der Waals surface area (Å²) >= 11 is 0. The number of piperidine rings is 1. The smallest absolute Gasteiger partial charge is 0.252 e. The van der Waals surface area contributed by atoms with Gasteiger partial charge in [0.2, 0.25) is 0 Å². The third-order valence-electron chi connectivity index (χ3n) is 5.34. The number of furan rings is 1. The summed E-state index contributed by atoms with van der Waals surface area (Å²) in [5.41, 5.74) is 1.35. The van der Waals surface area contributed by atoms with Crippen LogP contribution in [0.25, 0.3) is 11.0 Å². The molecule has 1 atom stereocenters. The van der Waals surface area contributed by atoms with Gasteiger partial charge in [0.1, 0.15) is 5.76 Å². The fourth-order valence-electron chi connectivity index (χ4n) is 3.85. The quantitative estimate of drug-likeness (QED) is 0.706. The molecule has 1 aliphatic heterocycles. The zero-order chi connectivity index (χ0) is 19.5. The minimum absolute atomic E-state index is 0.0552. The number of nitrogens with one attached hydrogen (secondary N) is 1. The Kier molecular flexibility index (Phi) is 5.43. The van der Waals surface area contributed by atoms with Crippen molar-refractivity contribution in [1.82, 2.24) is 25.0 Å². The van der Waals surface area contributed by atoms with Crippen molar-refractivity contribution in [2.24, 2.45) is 0 Å². The van der Waals surface area contributed by atoms with Crippen LogP contribution in [0.4, 0.5) is 0 Å². The van der Waals surface area contributed by atoms with Gasteiger partial charge in [-0.05, 0) is 58.0 Å². The summed E-state index contributed by atoms with van der Waals surface area (Å²) in [6.07, 6.45) is 8.72. The minimum Gasteiger partial charge on any atom is -0.468 e. The fraction of sp³-hybridized carbons (Fsp3) is 0.476. The Hall–Kier alpha value is -2.67.